The van der Waals surface area contributed by atoms with E-state index in [1.807, 2.05) is 6.92 Å². The summed E-state index contributed by atoms with van der Waals surface area (Å²) in [6.07, 6.45) is 2.50. The van der Waals surface area contributed by atoms with Gasteiger partial charge < -0.3 is 15.4 Å². The maximum absolute atomic E-state index is 12.8. The molecule has 24 heavy (non-hydrogen) atoms. The molecule has 0 aliphatic rings. The fourth-order valence-corrected chi connectivity index (χ4v) is 2.67. The highest BCUT2D eigenvalue weighted by Crippen LogP contribution is 2.10. The Labute approximate surface area is 143 Å². The monoisotopic (exact) mass is 359 g/mol. The summed E-state index contributed by atoms with van der Waals surface area (Å²) >= 11 is 0. The fraction of sp³-hybridized carbons (Fsp3) is 0.562. The topological polar surface area (TPSA) is 79.8 Å². The van der Waals surface area contributed by atoms with Crippen molar-refractivity contribution in [3.8, 4) is 5.75 Å². The van der Waals surface area contributed by atoms with Crippen LogP contribution in [0.25, 0.3) is 0 Å². The number of nitrogens with zero attached hydrogens (tertiary/aromatic N) is 1. The van der Waals surface area contributed by atoms with Gasteiger partial charge >= 0.3 is 0 Å². The lowest BCUT2D eigenvalue weighted by atomic mass is 10.3. The van der Waals surface area contributed by atoms with Gasteiger partial charge in [-0.05, 0) is 44.0 Å². The van der Waals surface area contributed by atoms with Crippen molar-refractivity contribution in [2.24, 2.45) is 4.99 Å². The third-order valence-corrected chi connectivity index (χ3v) is 4.20. The molecule has 8 heteroatoms. The fourth-order valence-electron chi connectivity index (χ4n) is 1.89. The molecule has 2 N–H and O–H groups in total. The van der Waals surface area contributed by atoms with Gasteiger partial charge in [-0.2, -0.15) is 0 Å². The number of hydrogen-bond acceptors (Lipinski definition) is 4. The summed E-state index contributed by atoms with van der Waals surface area (Å²) in [6, 6.07) is 5.90. The van der Waals surface area contributed by atoms with Gasteiger partial charge in [0, 0.05) is 25.9 Å². The lowest BCUT2D eigenvalue weighted by Crippen LogP contribution is -2.43. The molecule has 0 heterocycles. The number of halogens is 1. The third kappa shape index (κ3) is 9.34. The summed E-state index contributed by atoms with van der Waals surface area (Å²) in [5.41, 5.74) is 0. The van der Waals surface area contributed by atoms with Gasteiger partial charge in [0.25, 0.3) is 0 Å². The van der Waals surface area contributed by atoms with E-state index in [0.717, 1.165) is 6.42 Å². The molecule has 0 fully saturated rings. The minimum atomic E-state index is -2.96. The van der Waals surface area contributed by atoms with Crippen molar-refractivity contribution in [2.45, 2.75) is 25.8 Å². The quantitative estimate of drug-likeness (QED) is 0.398. The van der Waals surface area contributed by atoms with Crippen LogP contribution < -0.4 is 15.4 Å². The molecule has 0 amide bonds. The normalized spacial score (nSPS) is 13.4. The van der Waals surface area contributed by atoms with Crippen LogP contribution >= 0.6 is 0 Å². The Morgan fingerprint density at radius 2 is 2.00 bits per heavy atom. The highest BCUT2D eigenvalue weighted by atomic mass is 32.2. The summed E-state index contributed by atoms with van der Waals surface area (Å²) in [7, 11) is -1.30. The molecule has 1 unspecified atom stereocenters. The summed E-state index contributed by atoms with van der Waals surface area (Å²) in [5, 5.41) is 6.29. The van der Waals surface area contributed by atoms with Crippen molar-refractivity contribution in [2.75, 3.05) is 32.2 Å². The third-order valence-electron chi connectivity index (χ3n) is 3.22. The van der Waals surface area contributed by atoms with Gasteiger partial charge in [0.2, 0.25) is 0 Å². The Bertz CT molecular complexity index is 618. The van der Waals surface area contributed by atoms with Crippen LogP contribution in [0.15, 0.2) is 29.3 Å². The second-order valence-corrected chi connectivity index (χ2v) is 7.88. The SMILES string of the molecule is CN=C(NCCCOc1ccc(F)cc1)NC(C)CCS(C)(=O)=O. The molecule has 0 spiro atoms. The molecule has 0 radical (unpaired) electrons. The first kappa shape index (κ1) is 20.2. The Hall–Kier alpha value is -1.83. The van der Waals surface area contributed by atoms with Gasteiger partial charge in [0.1, 0.15) is 21.4 Å². The minimum Gasteiger partial charge on any atom is -0.494 e. The predicted octanol–water partition coefficient (Wildman–Crippen LogP) is 1.58. The summed E-state index contributed by atoms with van der Waals surface area (Å²) in [5.74, 6) is 1.11. The van der Waals surface area contributed by atoms with Gasteiger partial charge in [-0.15, -0.1) is 0 Å². The average Bonchev–Trinajstić information content (AvgIpc) is 2.52. The molecule has 0 saturated carbocycles. The maximum atomic E-state index is 12.8. The van der Waals surface area contributed by atoms with Gasteiger partial charge in [0.15, 0.2) is 5.96 Å². The van der Waals surface area contributed by atoms with Crippen molar-refractivity contribution in [3.63, 3.8) is 0 Å². The lowest BCUT2D eigenvalue weighted by molar-refractivity contribution is 0.310. The van der Waals surface area contributed by atoms with E-state index in [4.69, 9.17) is 4.74 Å². The average molecular weight is 359 g/mol. The van der Waals surface area contributed by atoms with Gasteiger partial charge in [-0.3, -0.25) is 4.99 Å². The second kappa shape index (κ2) is 10.1. The molecule has 0 saturated heterocycles. The van der Waals surface area contributed by atoms with Crippen molar-refractivity contribution in [1.82, 2.24) is 10.6 Å². The van der Waals surface area contributed by atoms with E-state index in [-0.39, 0.29) is 17.6 Å². The molecule has 6 nitrogen and oxygen atoms in total. The second-order valence-electron chi connectivity index (χ2n) is 5.62. The Kier molecular flexibility index (Phi) is 8.53. The van der Waals surface area contributed by atoms with E-state index >= 15 is 0 Å². The molecule has 0 bridgehead atoms. The maximum Gasteiger partial charge on any atom is 0.191 e. The smallest absolute Gasteiger partial charge is 0.191 e. The number of ether oxygens (including phenoxy) is 1. The first-order valence-electron chi connectivity index (χ1n) is 7.83. The van der Waals surface area contributed by atoms with E-state index in [1.54, 1.807) is 19.2 Å². The van der Waals surface area contributed by atoms with Crippen LogP contribution in [0.5, 0.6) is 5.75 Å². The summed E-state index contributed by atoms with van der Waals surface area (Å²) in [6.45, 7) is 3.06. The van der Waals surface area contributed by atoms with E-state index in [9.17, 15) is 12.8 Å². The number of rotatable bonds is 9. The molecule has 0 aliphatic carbocycles. The van der Waals surface area contributed by atoms with Crippen LogP contribution in [0.4, 0.5) is 4.39 Å². The molecule has 1 rings (SSSR count). The molecule has 0 aromatic heterocycles. The Morgan fingerprint density at radius 3 is 2.58 bits per heavy atom. The summed E-state index contributed by atoms with van der Waals surface area (Å²) in [4.78, 5) is 4.10. The van der Waals surface area contributed by atoms with Gasteiger partial charge in [0.05, 0.1) is 12.4 Å². The van der Waals surface area contributed by atoms with Crippen LogP contribution in [0.1, 0.15) is 19.8 Å². The van der Waals surface area contributed by atoms with E-state index in [1.165, 1.54) is 18.4 Å². The first-order valence-corrected chi connectivity index (χ1v) is 9.89. The highest BCUT2D eigenvalue weighted by Gasteiger charge is 2.09. The summed E-state index contributed by atoms with van der Waals surface area (Å²) < 4.78 is 40.6. The molecular weight excluding hydrogens is 333 g/mol. The lowest BCUT2D eigenvalue weighted by Gasteiger charge is -2.17. The van der Waals surface area contributed by atoms with Crippen molar-refractivity contribution in [3.05, 3.63) is 30.1 Å². The van der Waals surface area contributed by atoms with Crippen molar-refractivity contribution < 1.29 is 17.5 Å². The number of sulfone groups is 1. The van der Waals surface area contributed by atoms with Crippen molar-refractivity contribution >= 4 is 15.8 Å². The highest BCUT2D eigenvalue weighted by molar-refractivity contribution is 7.90. The van der Waals surface area contributed by atoms with Crippen molar-refractivity contribution in [1.29, 1.82) is 0 Å². The molecule has 136 valence electrons. The Balaban J connectivity index is 2.20. The molecule has 0 aliphatic heterocycles. The van der Waals surface area contributed by atoms with Gasteiger partial charge in [-0.1, -0.05) is 0 Å². The van der Waals surface area contributed by atoms with E-state index in [2.05, 4.69) is 15.6 Å². The first-order chi connectivity index (χ1) is 11.3. The zero-order chi connectivity index (χ0) is 18.0. The largest absolute Gasteiger partial charge is 0.494 e. The van der Waals surface area contributed by atoms with Crippen LogP contribution in [0.3, 0.4) is 0 Å². The standard InChI is InChI=1S/C16H26FN3O3S/c1-13(9-12-24(3,21)22)20-16(18-2)19-10-4-11-23-15-7-5-14(17)6-8-15/h5-8,13H,4,9-12H2,1-3H3,(H2,18,19,20). The molecule has 1 atom stereocenters. The number of benzene rings is 1. The predicted molar refractivity (Wildman–Crippen MR) is 94.8 cm³/mol. The van der Waals surface area contributed by atoms with Crippen LogP contribution in [0.2, 0.25) is 0 Å². The molecular formula is C16H26FN3O3S. The zero-order valence-corrected chi connectivity index (χ0v) is 15.2. The van der Waals surface area contributed by atoms with E-state index in [0.29, 0.717) is 31.3 Å². The zero-order valence-electron chi connectivity index (χ0n) is 14.4. The number of aliphatic imine (C=N–C) groups is 1. The van der Waals surface area contributed by atoms with Crippen LogP contribution in [-0.2, 0) is 9.84 Å². The minimum absolute atomic E-state index is 0.00129. The molecule has 1 aromatic rings. The number of guanidine groups is 1. The molecule has 1 aromatic carbocycles. The van der Waals surface area contributed by atoms with E-state index < -0.39 is 9.84 Å². The Morgan fingerprint density at radius 1 is 1.33 bits per heavy atom. The van der Waals surface area contributed by atoms with Gasteiger partial charge in [-0.25, -0.2) is 12.8 Å². The number of nitrogens with one attached hydrogen (secondary N) is 2. The van der Waals surface area contributed by atoms with Crippen LogP contribution in [0, 0.1) is 5.82 Å². The van der Waals surface area contributed by atoms with Crippen LogP contribution in [-0.4, -0.2) is 52.6 Å². The number of hydrogen-bond donors (Lipinski definition) is 2.